The third-order valence-corrected chi connectivity index (χ3v) is 2.20. The van der Waals surface area contributed by atoms with E-state index in [0.717, 1.165) is 0 Å². The highest BCUT2D eigenvalue weighted by atomic mass is 35.5. The molecule has 1 aromatic rings. The average Bonchev–Trinajstić information content (AvgIpc) is 2.21. The number of carbonyl (C=O) groups excluding carboxylic acids is 1. The molecule has 0 aromatic heterocycles. The maximum atomic E-state index is 11.2. The molecule has 3 nitrogen and oxygen atoms in total. The van der Waals surface area contributed by atoms with Crippen molar-refractivity contribution < 1.29 is 4.79 Å². The number of amides is 1. The van der Waals surface area contributed by atoms with E-state index in [-0.39, 0.29) is 18.2 Å². The molecule has 15 heavy (non-hydrogen) atoms. The minimum atomic E-state index is -0.198. The van der Waals surface area contributed by atoms with Crippen LogP contribution >= 0.6 is 23.2 Å². The highest BCUT2D eigenvalue weighted by molar-refractivity contribution is 6.33. The molecule has 0 atom stereocenters. The van der Waals surface area contributed by atoms with E-state index < -0.39 is 0 Å². The fraction of sp³-hybridized carbons (Fsp3) is 0.200. The molecular formula is C10H8Cl2N2O. The summed E-state index contributed by atoms with van der Waals surface area (Å²) < 4.78 is 0. The van der Waals surface area contributed by atoms with Crippen molar-refractivity contribution in [3.63, 3.8) is 0 Å². The lowest BCUT2D eigenvalue weighted by Crippen LogP contribution is -2.11. The molecule has 1 N–H and O–H groups in total. The van der Waals surface area contributed by atoms with Crippen LogP contribution in [-0.4, -0.2) is 11.8 Å². The Kier molecular flexibility index (Phi) is 4.41. The lowest BCUT2D eigenvalue weighted by atomic mass is 10.2. The summed E-state index contributed by atoms with van der Waals surface area (Å²) in [5.74, 6) is 0.0660. The Balaban J connectivity index is 2.79. The summed E-state index contributed by atoms with van der Waals surface area (Å²) in [6.45, 7) is 0. The zero-order chi connectivity index (χ0) is 11.3. The van der Waals surface area contributed by atoms with Gasteiger partial charge in [-0.3, -0.25) is 4.79 Å². The Morgan fingerprint density at radius 1 is 1.53 bits per heavy atom. The van der Waals surface area contributed by atoms with Gasteiger partial charge >= 0.3 is 0 Å². The van der Waals surface area contributed by atoms with Crippen LogP contribution in [0.1, 0.15) is 12.0 Å². The van der Waals surface area contributed by atoms with Gasteiger partial charge in [0.2, 0.25) is 5.91 Å². The molecule has 0 aliphatic carbocycles. The van der Waals surface area contributed by atoms with Crippen molar-refractivity contribution in [2.75, 3.05) is 11.2 Å². The Morgan fingerprint density at radius 2 is 2.27 bits per heavy atom. The van der Waals surface area contributed by atoms with Crippen molar-refractivity contribution in [3.05, 3.63) is 28.8 Å². The van der Waals surface area contributed by atoms with Crippen LogP contribution in [0.15, 0.2) is 18.2 Å². The van der Waals surface area contributed by atoms with E-state index in [1.54, 1.807) is 12.1 Å². The number of halogens is 2. The van der Waals surface area contributed by atoms with Crippen LogP contribution in [0.4, 0.5) is 5.69 Å². The maximum Gasteiger partial charge on any atom is 0.225 e. The minimum Gasteiger partial charge on any atom is -0.325 e. The largest absolute Gasteiger partial charge is 0.325 e. The molecule has 0 heterocycles. The van der Waals surface area contributed by atoms with E-state index in [9.17, 15) is 4.79 Å². The van der Waals surface area contributed by atoms with Gasteiger partial charge in [0.05, 0.1) is 22.3 Å². The summed E-state index contributed by atoms with van der Waals surface area (Å²) in [6.07, 6.45) is 0.234. The highest BCUT2D eigenvalue weighted by Gasteiger charge is 2.05. The average molecular weight is 243 g/mol. The molecule has 0 fully saturated rings. The molecule has 0 saturated heterocycles. The van der Waals surface area contributed by atoms with E-state index in [4.69, 9.17) is 28.5 Å². The third kappa shape index (κ3) is 3.43. The Bertz CT molecular complexity index is 412. The van der Waals surface area contributed by atoms with E-state index >= 15 is 0 Å². The second-order valence-corrected chi connectivity index (χ2v) is 3.58. The van der Waals surface area contributed by atoms with Crippen LogP contribution in [0, 0.1) is 11.3 Å². The number of hydrogen-bond donors (Lipinski definition) is 1. The standard InChI is InChI=1S/C10H8Cl2N2O/c11-4-3-10(15)14-9-2-1-7(6-13)5-8(9)12/h1-2,5H,3-4H2,(H,14,15). The van der Waals surface area contributed by atoms with E-state index in [1.165, 1.54) is 6.07 Å². The number of nitriles is 1. The van der Waals surface area contributed by atoms with Crippen molar-refractivity contribution in [3.8, 4) is 6.07 Å². The van der Waals surface area contributed by atoms with Gasteiger partial charge in [0, 0.05) is 12.3 Å². The zero-order valence-electron chi connectivity index (χ0n) is 7.76. The van der Waals surface area contributed by atoms with Crippen LogP contribution < -0.4 is 5.32 Å². The smallest absolute Gasteiger partial charge is 0.225 e. The Labute approximate surface area is 97.6 Å². The molecule has 1 amide bonds. The first-order valence-corrected chi connectivity index (χ1v) is 5.14. The first-order chi connectivity index (χ1) is 7.17. The fourth-order valence-electron chi connectivity index (χ4n) is 0.985. The number of nitrogens with zero attached hydrogens (tertiary/aromatic N) is 1. The van der Waals surface area contributed by atoms with Crippen molar-refractivity contribution in [1.82, 2.24) is 0 Å². The lowest BCUT2D eigenvalue weighted by Gasteiger charge is -2.05. The van der Waals surface area contributed by atoms with E-state index in [2.05, 4.69) is 5.32 Å². The van der Waals surface area contributed by atoms with Gasteiger partial charge in [-0.1, -0.05) is 11.6 Å². The second kappa shape index (κ2) is 5.59. The maximum absolute atomic E-state index is 11.2. The number of rotatable bonds is 3. The monoisotopic (exact) mass is 242 g/mol. The molecule has 78 valence electrons. The molecule has 0 bridgehead atoms. The highest BCUT2D eigenvalue weighted by Crippen LogP contribution is 2.22. The number of nitrogens with one attached hydrogen (secondary N) is 1. The van der Waals surface area contributed by atoms with Crippen LogP contribution in [0.2, 0.25) is 5.02 Å². The van der Waals surface area contributed by atoms with Crippen LogP contribution in [-0.2, 0) is 4.79 Å². The molecule has 1 rings (SSSR count). The van der Waals surface area contributed by atoms with Gasteiger partial charge in [0.15, 0.2) is 0 Å². The molecule has 0 aliphatic rings. The van der Waals surface area contributed by atoms with Gasteiger partial charge in [0.1, 0.15) is 0 Å². The number of benzene rings is 1. The quantitative estimate of drug-likeness (QED) is 0.830. The Morgan fingerprint density at radius 3 is 2.80 bits per heavy atom. The van der Waals surface area contributed by atoms with Crippen molar-refractivity contribution in [2.24, 2.45) is 0 Å². The Hall–Kier alpha value is -1.24. The third-order valence-electron chi connectivity index (χ3n) is 1.69. The summed E-state index contributed by atoms with van der Waals surface area (Å²) in [6, 6.07) is 6.63. The molecule has 0 unspecified atom stereocenters. The number of anilines is 1. The minimum absolute atomic E-state index is 0.198. The van der Waals surface area contributed by atoms with Gasteiger partial charge < -0.3 is 5.32 Å². The lowest BCUT2D eigenvalue weighted by molar-refractivity contribution is -0.115. The van der Waals surface area contributed by atoms with Crippen LogP contribution in [0.3, 0.4) is 0 Å². The fourth-order valence-corrected chi connectivity index (χ4v) is 1.38. The molecule has 0 aliphatic heterocycles. The zero-order valence-corrected chi connectivity index (χ0v) is 9.27. The van der Waals surface area contributed by atoms with Gasteiger partial charge in [-0.2, -0.15) is 5.26 Å². The number of alkyl halides is 1. The SMILES string of the molecule is N#Cc1ccc(NC(=O)CCCl)c(Cl)c1. The van der Waals surface area contributed by atoms with E-state index in [1.807, 2.05) is 6.07 Å². The van der Waals surface area contributed by atoms with Crippen molar-refractivity contribution in [2.45, 2.75) is 6.42 Å². The van der Waals surface area contributed by atoms with Gasteiger partial charge in [-0.15, -0.1) is 11.6 Å². The molecule has 0 spiro atoms. The molecule has 0 saturated carbocycles. The summed E-state index contributed by atoms with van der Waals surface area (Å²) in [5.41, 5.74) is 0.945. The number of carbonyl (C=O) groups is 1. The van der Waals surface area contributed by atoms with Crippen LogP contribution in [0.25, 0.3) is 0 Å². The first-order valence-electron chi connectivity index (χ1n) is 4.23. The number of hydrogen-bond acceptors (Lipinski definition) is 2. The van der Waals surface area contributed by atoms with E-state index in [0.29, 0.717) is 16.3 Å². The molecular weight excluding hydrogens is 235 g/mol. The predicted octanol–water partition coefficient (Wildman–Crippen LogP) is 2.78. The first kappa shape index (κ1) is 11.8. The summed E-state index contributed by atoms with van der Waals surface area (Å²) in [7, 11) is 0. The molecule has 1 aromatic carbocycles. The van der Waals surface area contributed by atoms with Crippen LogP contribution in [0.5, 0.6) is 0 Å². The summed E-state index contributed by atoms with van der Waals surface area (Å²) in [5, 5.41) is 11.5. The second-order valence-electron chi connectivity index (χ2n) is 2.79. The van der Waals surface area contributed by atoms with Gasteiger partial charge in [-0.05, 0) is 18.2 Å². The topological polar surface area (TPSA) is 52.9 Å². The van der Waals surface area contributed by atoms with Gasteiger partial charge in [-0.25, -0.2) is 0 Å². The predicted molar refractivity (Wildman–Crippen MR) is 60.1 cm³/mol. The van der Waals surface area contributed by atoms with Crippen molar-refractivity contribution >= 4 is 34.8 Å². The normalized spacial score (nSPS) is 9.40. The van der Waals surface area contributed by atoms with Gasteiger partial charge in [0.25, 0.3) is 0 Å². The molecule has 0 radical (unpaired) electrons. The summed E-state index contributed by atoms with van der Waals surface area (Å²) >= 11 is 11.3. The molecule has 5 heteroatoms. The summed E-state index contributed by atoms with van der Waals surface area (Å²) in [4.78, 5) is 11.2. The van der Waals surface area contributed by atoms with Crippen molar-refractivity contribution in [1.29, 1.82) is 5.26 Å².